The fourth-order valence-electron chi connectivity index (χ4n) is 2.68. The number of thioether (sulfide) groups is 1. The molecule has 3 rings (SSSR count). The molecule has 0 unspecified atom stereocenters. The highest BCUT2D eigenvalue weighted by Gasteiger charge is 2.32. The van der Waals surface area contributed by atoms with Crippen LogP contribution in [0.15, 0.2) is 18.2 Å². The average Bonchev–Trinajstić information content (AvgIpc) is 2.73. The summed E-state index contributed by atoms with van der Waals surface area (Å²) in [5.41, 5.74) is 5.83. The highest BCUT2D eigenvalue weighted by molar-refractivity contribution is 8.01. The summed E-state index contributed by atoms with van der Waals surface area (Å²) < 4.78 is 0. The molecule has 0 aliphatic carbocycles. The van der Waals surface area contributed by atoms with Crippen LogP contribution in [0.1, 0.15) is 40.1 Å². The summed E-state index contributed by atoms with van der Waals surface area (Å²) in [5, 5.41) is 10.2. The first kappa shape index (κ1) is 14.2. The lowest BCUT2D eigenvalue weighted by atomic mass is 9.98. The zero-order chi connectivity index (χ0) is 15.1. The molecule has 0 saturated carbocycles. The number of rotatable bonds is 1. The van der Waals surface area contributed by atoms with Gasteiger partial charge in [-0.1, -0.05) is 23.8 Å². The predicted molar refractivity (Wildman–Crippen MR) is 86.8 cm³/mol. The average molecular weight is 301 g/mol. The van der Waals surface area contributed by atoms with E-state index >= 15 is 0 Å². The van der Waals surface area contributed by atoms with E-state index in [4.69, 9.17) is 0 Å². The van der Waals surface area contributed by atoms with Gasteiger partial charge in [0, 0.05) is 11.3 Å². The second-order valence-electron chi connectivity index (χ2n) is 5.62. The Balaban J connectivity index is 2.18. The standard InChI is InChI=1S/C16H19N3OS/c1-8-5-6-9(2)12(7-8)14-13-10(3)18-19-15(13)17-16(20)11(4)21-14/h5-7,11,14H,1-4H3,(H2,17,18,19,20)/t11-,14+/m1/s1. The molecule has 21 heavy (non-hydrogen) atoms. The van der Waals surface area contributed by atoms with Gasteiger partial charge in [-0.15, -0.1) is 11.8 Å². The highest BCUT2D eigenvalue weighted by Crippen LogP contribution is 2.45. The Kier molecular flexibility index (Phi) is 3.53. The fraction of sp³-hybridized carbons (Fsp3) is 0.375. The normalized spacial score (nSPS) is 21.6. The van der Waals surface area contributed by atoms with Crippen LogP contribution in [-0.4, -0.2) is 21.4 Å². The molecule has 2 heterocycles. The van der Waals surface area contributed by atoms with Crippen LogP contribution in [0.25, 0.3) is 0 Å². The van der Waals surface area contributed by atoms with Gasteiger partial charge >= 0.3 is 0 Å². The van der Waals surface area contributed by atoms with Crippen molar-refractivity contribution in [1.82, 2.24) is 10.2 Å². The molecular weight excluding hydrogens is 282 g/mol. The molecule has 1 aliphatic heterocycles. The van der Waals surface area contributed by atoms with Crippen LogP contribution in [-0.2, 0) is 4.79 Å². The molecule has 4 nitrogen and oxygen atoms in total. The Morgan fingerprint density at radius 3 is 2.76 bits per heavy atom. The quantitative estimate of drug-likeness (QED) is 0.847. The number of carbonyl (C=O) groups is 1. The summed E-state index contributed by atoms with van der Waals surface area (Å²) in [6.07, 6.45) is 0. The van der Waals surface area contributed by atoms with Crippen molar-refractivity contribution in [3.8, 4) is 0 Å². The van der Waals surface area contributed by atoms with Crippen molar-refractivity contribution in [3.63, 3.8) is 0 Å². The topological polar surface area (TPSA) is 57.8 Å². The van der Waals surface area contributed by atoms with Crippen molar-refractivity contribution < 1.29 is 4.79 Å². The van der Waals surface area contributed by atoms with Crippen molar-refractivity contribution in [3.05, 3.63) is 46.1 Å². The molecule has 0 saturated heterocycles. The molecule has 2 atom stereocenters. The first-order chi connectivity index (χ1) is 9.97. The van der Waals surface area contributed by atoms with Gasteiger partial charge < -0.3 is 5.32 Å². The Bertz CT molecular complexity index is 708. The van der Waals surface area contributed by atoms with Crippen molar-refractivity contribution in [2.45, 2.75) is 38.2 Å². The van der Waals surface area contributed by atoms with E-state index in [1.165, 1.54) is 16.7 Å². The molecule has 110 valence electrons. The van der Waals surface area contributed by atoms with Gasteiger partial charge in [-0.25, -0.2) is 0 Å². The zero-order valence-corrected chi connectivity index (χ0v) is 13.5. The summed E-state index contributed by atoms with van der Waals surface area (Å²) in [6, 6.07) is 6.48. The fourth-order valence-corrected chi connectivity index (χ4v) is 4.09. The largest absolute Gasteiger partial charge is 0.308 e. The second kappa shape index (κ2) is 5.22. The molecule has 2 N–H and O–H groups in total. The second-order valence-corrected chi connectivity index (χ2v) is 7.07. The number of nitrogens with one attached hydrogen (secondary N) is 2. The number of amides is 1. The number of hydrogen-bond acceptors (Lipinski definition) is 3. The SMILES string of the molecule is Cc1ccc(C)c([C@@H]2S[C@H](C)C(=O)Nc3n[nH]c(C)c32)c1. The molecule has 1 amide bonds. The van der Waals surface area contributed by atoms with Gasteiger partial charge in [-0.2, -0.15) is 5.10 Å². The molecule has 0 fully saturated rings. The molecule has 0 radical (unpaired) electrons. The van der Waals surface area contributed by atoms with Gasteiger partial charge in [-0.05, 0) is 38.8 Å². The van der Waals surface area contributed by atoms with Crippen LogP contribution in [0.3, 0.4) is 0 Å². The van der Waals surface area contributed by atoms with Gasteiger partial charge in [-0.3, -0.25) is 9.89 Å². The van der Waals surface area contributed by atoms with E-state index < -0.39 is 0 Å². The third kappa shape index (κ3) is 2.46. The monoisotopic (exact) mass is 301 g/mol. The molecule has 5 heteroatoms. The number of hydrogen-bond donors (Lipinski definition) is 2. The predicted octanol–water partition coefficient (Wildman–Crippen LogP) is 3.50. The third-order valence-electron chi connectivity index (χ3n) is 3.92. The number of aromatic amines is 1. The van der Waals surface area contributed by atoms with Gasteiger partial charge in [0.05, 0.1) is 10.5 Å². The molecule has 1 aromatic carbocycles. The van der Waals surface area contributed by atoms with Crippen LogP contribution in [0.5, 0.6) is 0 Å². The minimum atomic E-state index is -0.108. The number of carbonyl (C=O) groups excluding carboxylic acids is 1. The minimum absolute atomic E-state index is 0.0144. The van der Waals surface area contributed by atoms with E-state index in [-0.39, 0.29) is 16.4 Å². The van der Waals surface area contributed by atoms with Gasteiger partial charge in [0.1, 0.15) is 0 Å². The lowest BCUT2D eigenvalue weighted by Gasteiger charge is -2.20. The number of aromatic nitrogens is 2. The Labute approximate surface area is 128 Å². The van der Waals surface area contributed by atoms with Crippen molar-refractivity contribution >= 4 is 23.5 Å². The number of aryl methyl sites for hydroxylation is 3. The minimum Gasteiger partial charge on any atom is -0.308 e. The van der Waals surface area contributed by atoms with Crippen LogP contribution in [0.2, 0.25) is 0 Å². The number of fused-ring (bicyclic) bond motifs is 1. The molecule has 0 spiro atoms. The molecule has 1 aliphatic rings. The number of anilines is 1. The summed E-state index contributed by atoms with van der Waals surface area (Å²) >= 11 is 1.68. The molecular formula is C16H19N3OS. The van der Waals surface area contributed by atoms with Gasteiger partial charge in [0.15, 0.2) is 5.82 Å². The third-order valence-corrected chi connectivity index (χ3v) is 5.31. The molecule has 2 aromatic rings. The van der Waals surface area contributed by atoms with Crippen LogP contribution < -0.4 is 5.32 Å². The van der Waals surface area contributed by atoms with E-state index in [0.717, 1.165) is 11.3 Å². The highest BCUT2D eigenvalue weighted by atomic mass is 32.2. The van der Waals surface area contributed by atoms with Crippen molar-refractivity contribution in [2.24, 2.45) is 0 Å². The van der Waals surface area contributed by atoms with E-state index in [1.807, 2.05) is 13.8 Å². The Morgan fingerprint density at radius 2 is 2.00 bits per heavy atom. The zero-order valence-electron chi connectivity index (χ0n) is 12.7. The number of benzene rings is 1. The lowest BCUT2D eigenvalue weighted by molar-refractivity contribution is -0.115. The maximum absolute atomic E-state index is 12.1. The number of H-pyrrole nitrogens is 1. The van der Waals surface area contributed by atoms with Crippen LogP contribution in [0.4, 0.5) is 5.82 Å². The van der Waals surface area contributed by atoms with Crippen LogP contribution in [0, 0.1) is 20.8 Å². The summed E-state index contributed by atoms with van der Waals surface area (Å²) in [4.78, 5) is 12.1. The number of nitrogens with zero attached hydrogens (tertiary/aromatic N) is 1. The Hall–Kier alpha value is -1.75. The first-order valence-corrected chi connectivity index (χ1v) is 8.00. The van der Waals surface area contributed by atoms with Crippen molar-refractivity contribution in [2.75, 3.05) is 5.32 Å². The maximum atomic E-state index is 12.1. The Morgan fingerprint density at radius 1 is 1.24 bits per heavy atom. The lowest BCUT2D eigenvalue weighted by Crippen LogP contribution is -2.21. The van der Waals surface area contributed by atoms with E-state index in [9.17, 15) is 4.79 Å². The van der Waals surface area contributed by atoms with E-state index in [0.29, 0.717) is 5.82 Å². The van der Waals surface area contributed by atoms with E-state index in [1.54, 1.807) is 11.8 Å². The maximum Gasteiger partial charge on any atom is 0.238 e. The van der Waals surface area contributed by atoms with Gasteiger partial charge in [0.25, 0.3) is 0 Å². The summed E-state index contributed by atoms with van der Waals surface area (Å²) in [5.74, 6) is 0.681. The van der Waals surface area contributed by atoms with Gasteiger partial charge in [0.2, 0.25) is 5.91 Å². The smallest absolute Gasteiger partial charge is 0.238 e. The molecule has 0 bridgehead atoms. The summed E-state index contributed by atoms with van der Waals surface area (Å²) in [6.45, 7) is 8.17. The molecule has 1 aromatic heterocycles. The van der Waals surface area contributed by atoms with Crippen LogP contribution >= 0.6 is 11.8 Å². The summed E-state index contributed by atoms with van der Waals surface area (Å²) in [7, 11) is 0. The first-order valence-electron chi connectivity index (χ1n) is 7.05. The van der Waals surface area contributed by atoms with E-state index in [2.05, 4.69) is 47.6 Å². The van der Waals surface area contributed by atoms with Crippen molar-refractivity contribution in [1.29, 1.82) is 0 Å².